The van der Waals surface area contributed by atoms with E-state index in [-0.39, 0.29) is 19.3 Å². The molecule has 82 valence electrons. The monoisotopic (exact) mass is 210 g/mol. The molecule has 0 spiro atoms. The predicted molar refractivity (Wildman–Crippen MR) is 54.6 cm³/mol. The third-order valence-electron chi connectivity index (χ3n) is 2.52. The summed E-state index contributed by atoms with van der Waals surface area (Å²) in [7, 11) is 1.60. The summed E-state index contributed by atoms with van der Waals surface area (Å²) >= 11 is 0. The Kier molecular flexibility index (Phi) is 2.68. The molecule has 1 N–H and O–H groups in total. The highest BCUT2D eigenvalue weighted by atomic mass is 16.7. The van der Waals surface area contributed by atoms with Gasteiger partial charge in [-0.2, -0.15) is 0 Å². The average molecular weight is 210 g/mol. The molecule has 4 heteroatoms. The molecular weight excluding hydrogens is 196 g/mol. The Morgan fingerprint density at radius 3 is 2.93 bits per heavy atom. The maximum absolute atomic E-state index is 9.19. The number of ether oxygens (including phenoxy) is 3. The normalized spacial score (nSPS) is 15.1. The topological polar surface area (TPSA) is 47.9 Å². The van der Waals surface area contributed by atoms with Crippen molar-refractivity contribution >= 4 is 0 Å². The van der Waals surface area contributed by atoms with Crippen LogP contribution in [-0.4, -0.2) is 25.6 Å². The lowest BCUT2D eigenvalue weighted by atomic mass is 9.99. The zero-order valence-corrected chi connectivity index (χ0v) is 8.82. The molecule has 1 aliphatic rings. The van der Waals surface area contributed by atoms with Crippen LogP contribution < -0.4 is 14.2 Å². The van der Waals surface area contributed by atoms with Gasteiger partial charge in [-0.25, -0.2) is 0 Å². The predicted octanol–water partition coefficient (Wildman–Crippen LogP) is 1.52. The fraction of sp³-hybridized carbons (Fsp3) is 0.455. The van der Waals surface area contributed by atoms with Gasteiger partial charge in [-0.1, -0.05) is 6.92 Å². The number of aliphatic hydroxyl groups is 1. The Balaban J connectivity index is 2.52. The van der Waals surface area contributed by atoms with Crippen molar-refractivity contribution in [1.82, 2.24) is 0 Å². The molecule has 1 unspecified atom stereocenters. The Morgan fingerprint density at radius 1 is 1.47 bits per heavy atom. The number of rotatable bonds is 3. The summed E-state index contributed by atoms with van der Waals surface area (Å²) in [5.74, 6) is 2.10. The van der Waals surface area contributed by atoms with Gasteiger partial charge in [0.15, 0.2) is 11.5 Å². The second-order valence-electron chi connectivity index (χ2n) is 3.50. The van der Waals surface area contributed by atoms with E-state index >= 15 is 0 Å². The lowest BCUT2D eigenvalue weighted by molar-refractivity contribution is 0.172. The van der Waals surface area contributed by atoms with Crippen LogP contribution in [0.1, 0.15) is 18.4 Å². The smallest absolute Gasteiger partial charge is 0.231 e. The molecule has 1 aromatic carbocycles. The van der Waals surface area contributed by atoms with E-state index in [1.54, 1.807) is 7.11 Å². The highest BCUT2D eigenvalue weighted by molar-refractivity contribution is 5.56. The van der Waals surface area contributed by atoms with Gasteiger partial charge in [0.2, 0.25) is 6.79 Å². The minimum absolute atomic E-state index is 0.0309. The lowest BCUT2D eigenvalue weighted by Crippen LogP contribution is -2.03. The molecule has 0 saturated carbocycles. The molecule has 0 saturated heterocycles. The largest absolute Gasteiger partial charge is 0.496 e. The van der Waals surface area contributed by atoms with Gasteiger partial charge in [-0.05, 0) is 12.1 Å². The van der Waals surface area contributed by atoms with Crippen LogP contribution in [-0.2, 0) is 0 Å². The first kappa shape index (κ1) is 10.1. The van der Waals surface area contributed by atoms with Crippen molar-refractivity contribution in [2.75, 3.05) is 20.5 Å². The third kappa shape index (κ3) is 1.61. The standard InChI is InChI=1S/C11H14O4/c1-7(5-12)10-8(13-2)3-4-9-11(10)15-6-14-9/h3-4,7,12H,5-6H2,1-2H3. The quantitative estimate of drug-likeness (QED) is 0.821. The van der Waals surface area contributed by atoms with Gasteiger partial charge in [-0.3, -0.25) is 0 Å². The van der Waals surface area contributed by atoms with E-state index in [0.29, 0.717) is 11.5 Å². The highest BCUT2D eigenvalue weighted by Gasteiger charge is 2.24. The molecular formula is C11H14O4. The Hall–Kier alpha value is -1.42. The number of fused-ring (bicyclic) bond motifs is 1. The molecule has 4 nitrogen and oxygen atoms in total. The van der Waals surface area contributed by atoms with E-state index in [0.717, 1.165) is 11.3 Å². The SMILES string of the molecule is COc1ccc2c(c1C(C)CO)OCO2. The van der Waals surface area contributed by atoms with Gasteiger partial charge in [-0.15, -0.1) is 0 Å². The number of methoxy groups -OCH3 is 1. The maximum Gasteiger partial charge on any atom is 0.231 e. The van der Waals surface area contributed by atoms with Crippen molar-refractivity contribution in [3.8, 4) is 17.2 Å². The van der Waals surface area contributed by atoms with Gasteiger partial charge in [0.1, 0.15) is 5.75 Å². The van der Waals surface area contributed by atoms with Crippen molar-refractivity contribution in [3.63, 3.8) is 0 Å². The van der Waals surface area contributed by atoms with E-state index in [9.17, 15) is 5.11 Å². The van der Waals surface area contributed by atoms with Crippen LogP contribution in [0.4, 0.5) is 0 Å². The summed E-state index contributed by atoms with van der Waals surface area (Å²) < 4.78 is 15.9. The van der Waals surface area contributed by atoms with Crippen LogP contribution in [0.2, 0.25) is 0 Å². The second kappa shape index (κ2) is 3.98. The molecule has 0 fully saturated rings. The van der Waals surface area contributed by atoms with E-state index in [1.807, 2.05) is 19.1 Å². The first-order valence-electron chi connectivity index (χ1n) is 4.85. The number of aliphatic hydroxyl groups excluding tert-OH is 1. The maximum atomic E-state index is 9.19. The fourth-order valence-corrected chi connectivity index (χ4v) is 1.71. The van der Waals surface area contributed by atoms with Gasteiger partial charge >= 0.3 is 0 Å². The van der Waals surface area contributed by atoms with E-state index in [4.69, 9.17) is 14.2 Å². The molecule has 1 atom stereocenters. The van der Waals surface area contributed by atoms with Crippen molar-refractivity contribution in [1.29, 1.82) is 0 Å². The summed E-state index contributed by atoms with van der Waals surface area (Å²) in [4.78, 5) is 0. The minimum atomic E-state index is -0.0309. The van der Waals surface area contributed by atoms with Gasteiger partial charge < -0.3 is 19.3 Å². The molecule has 0 bridgehead atoms. The zero-order chi connectivity index (χ0) is 10.8. The molecule has 15 heavy (non-hydrogen) atoms. The Bertz CT molecular complexity index is 362. The van der Waals surface area contributed by atoms with Crippen LogP contribution in [0.3, 0.4) is 0 Å². The van der Waals surface area contributed by atoms with Crippen LogP contribution in [0.25, 0.3) is 0 Å². The highest BCUT2D eigenvalue weighted by Crippen LogP contribution is 2.44. The van der Waals surface area contributed by atoms with Crippen molar-refractivity contribution in [3.05, 3.63) is 17.7 Å². The van der Waals surface area contributed by atoms with Crippen LogP contribution >= 0.6 is 0 Å². The van der Waals surface area contributed by atoms with Crippen LogP contribution in [0.5, 0.6) is 17.2 Å². The zero-order valence-electron chi connectivity index (χ0n) is 8.82. The van der Waals surface area contributed by atoms with E-state index in [2.05, 4.69) is 0 Å². The third-order valence-corrected chi connectivity index (χ3v) is 2.52. The molecule has 2 rings (SSSR count). The van der Waals surface area contributed by atoms with E-state index < -0.39 is 0 Å². The van der Waals surface area contributed by atoms with Crippen molar-refractivity contribution in [2.24, 2.45) is 0 Å². The molecule has 1 aromatic rings. The molecule has 0 radical (unpaired) electrons. The van der Waals surface area contributed by atoms with Gasteiger partial charge in [0.25, 0.3) is 0 Å². The minimum Gasteiger partial charge on any atom is -0.496 e. The Labute approximate surface area is 88.4 Å². The number of hydrogen-bond acceptors (Lipinski definition) is 4. The molecule has 1 aliphatic heterocycles. The van der Waals surface area contributed by atoms with Crippen LogP contribution in [0, 0.1) is 0 Å². The summed E-state index contributed by atoms with van der Waals surface area (Å²) in [6.45, 7) is 2.20. The van der Waals surface area contributed by atoms with Gasteiger partial charge in [0, 0.05) is 18.1 Å². The second-order valence-corrected chi connectivity index (χ2v) is 3.50. The molecule has 0 aromatic heterocycles. The summed E-state index contributed by atoms with van der Waals surface area (Å²) in [6.07, 6.45) is 0. The van der Waals surface area contributed by atoms with Crippen molar-refractivity contribution < 1.29 is 19.3 Å². The summed E-state index contributed by atoms with van der Waals surface area (Å²) in [5, 5.41) is 9.19. The number of benzene rings is 1. The Morgan fingerprint density at radius 2 is 2.27 bits per heavy atom. The average Bonchev–Trinajstić information content (AvgIpc) is 2.74. The molecule has 1 heterocycles. The molecule has 0 amide bonds. The fourth-order valence-electron chi connectivity index (χ4n) is 1.71. The van der Waals surface area contributed by atoms with Crippen molar-refractivity contribution in [2.45, 2.75) is 12.8 Å². The van der Waals surface area contributed by atoms with E-state index in [1.165, 1.54) is 0 Å². The molecule has 0 aliphatic carbocycles. The lowest BCUT2D eigenvalue weighted by Gasteiger charge is -2.15. The summed E-state index contributed by atoms with van der Waals surface area (Å²) in [6, 6.07) is 3.64. The summed E-state index contributed by atoms with van der Waals surface area (Å²) in [5.41, 5.74) is 0.870. The first-order valence-corrected chi connectivity index (χ1v) is 4.85. The first-order chi connectivity index (χ1) is 7.27. The number of hydrogen-bond donors (Lipinski definition) is 1. The van der Waals surface area contributed by atoms with Crippen LogP contribution in [0.15, 0.2) is 12.1 Å². The van der Waals surface area contributed by atoms with Gasteiger partial charge in [0.05, 0.1) is 7.11 Å².